The Morgan fingerprint density at radius 1 is 1.00 bits per heavy atom. The van der Waals surface area contributed by atoms with E-state index in [2.05, 4.69) is 4.98 Å². The highest BCUT2D eigenvalue weighted by Crippen LogP contribution is 2.40. The average molecular weight is 466 g/mol. The van der Waals surface area contributed by atoms with Crippen LogP contribution in [-0.2, 0) is 16.6 Å². The molecule has 1 unspecified atom stereocenters. The van der Waals surface area contributed by atoms with E-state index < -0.39 is 21.8 Å². The smallest absolute Gasteiger partial charge is 0.268 e. The molecule has 3 aromatic rings. The van der Waals surface area contributed by atoms with Crippen molar-refractivity contribution in [2.24, 2.45) is 0 Å². The Morgan fingerprint density at radius 2 is 1.75 bits per heavy atom. The maximum atomic E-state index is 13.4. The van der Waals surface area contributed by atoms with Gasteiger partial charge in [0, 0.05) is 22.9 Å². The summed E-state index contributed by atoms with van der Waals surface area (Å²) in [7, 11) is -3.76. The number of anilines is 1. The largest absolute Gasteiger partial charge is 0.280 e. The molecule has 2 aliphatic heterocycles. The van der Waals surface area contributed by atoms with Crippen molar-refractivity contribution in [2.75, 3.05) is 10.8 Å². The van der Waals surface area contributed by atoms with Crippen molar-refractivity contribution in [3.63, 3.8) is 0 Å². The van der Waals surface area contributed by atoms with Crippen LogP contribution in [0.15, 0.2) is 76.7 Å². The Morgan fingerprint density at radius 3 is 2.50 bits per heavy atom. The lowest BCUT2D eigenvalue weighted by Crippen LogP contribution is -2.38. The van der Waals surface area contributed by atoms with Gasteiger partial charge in [-0.05, 0) is 42.0 Å². The van der Waals surface area contributed by atoms with E-state index in [9.17, 15) is 18.0 Å². The summed E-state index contributed by atoms with van der Waals surface area (Å²) in [5.41, 5.74) is 1.76. The van der Waals surface area contributed by atoms with Gasteiger partial charge in [-0.25, -0.2) is 8.42 Å². The number of rotatable bonds is 4. The maximum Gasteiger partial charge on any atom is 0.280 e. The number of benzene rings is 2. The van der Waals surface area contributed by atoms with Crippen LogP contribution in [0.4, 0.5) is 5.69 Å². The van der Waals surface area contributed by atoms with Gasteiger partial charge in [-0.1, -0.05) is 31.2 Å². The van der Waals surface area contributed by atoms with Crippen molar-refractivity contribution in [1.29, 1.82) is 0 Å². The molecule has 2 amide bonds. The molecule has 1 aromatic heterocycles. The SMILES string of the molecule is CC1CN(S(=O)(=O)c2ccc(CN3C(=O)c4cccnc4C3=O)cc2)c2ccccc2S1. The van der Waals surface area contributed by atoms with Crippen molar-refractivity contribution in [3.8, 4) is 0 Å². The molecule has 2 aliphatic rings. The predicted molar refractivity (Wildman–Crippen MR) is 121 cm³/mol. The summed E-state index contributed by atoms with van der Waals surface area (Å²) < 4.78 is 28.2. The molecule has 3 heterocycles. The van der Waals surface area contributed by atoms with Gasteiger partial charge in [0.2, 0.25) is 0 Å². The standard InChI is InChI=1S/C23H19N3O4S2/c1-15-13-26(19-6-2-3-7-20(19)31-15)32(29,30)17-10-8-16(9-11-17)14-25-22(27)18-5-4-12-24-21(18)23(25)28/h2-12,15H,13-14H2,1H3. The number of sulfonamides is 1. The average Bonchev–Trinajstić information content (AvgIpc) is 3.04. The Kier molecular flexibility index (Phi) is 5.02. The quantitative estimate of drug-likeness (QED) is 0.548. The molecule has 0 fully saturated rings. The first-order valence-electron chi connectivity index (χ1n) is 10.0. The number of hydrogen-bond donors (Lipinski definition) is 0. The van der Waals surface area contributed by atoms with Crippen LogP contribution >= 0.6 is 11.8 Å². The molecule has 0 N–H and O–H groups in total. The number of aromatic nitrogens is 1. The molecule has 5 rings (SSSR count). The lowest BCUT2D eigenvalue weighted by molar-refractivity contribution is 0.0640. The first kappa shape index (κ1) is 20.7. The van der Waals surface area contributed by atoms with E-state index >= 15 is 0 Å². The molecule has 7 nitrogen and oxygen atoms in total. The molecule has 0 aliphatic carbocycles. The monoisotopic (exact) mass is 465 g/mol. The fourth-order valence-electron chi connectivity index (χ4n) is 3.91. The molecular formula is C23H19N3O4S2. The molecular weight excluding hydrogens is 446 g/mol. The topological polar surface area (TPSA) is 87.7 Å². The number of amides is 2. The van der Waals surface area contributed by atoms with Gasteiger partial charge in [0.1, 0.15) is 5.69 Å². The third kappa shape index (κ3) is 3.37. The zero-order valence-electron chi connectivity index (χ0n) is 17.1. The Hall–Kier alpha value is -3.17. The van der Waals surface area contributed by atoms with Crippen LogP contribution in [0.1, 0.15) is 33.3 Å². The molecule has 0 saturated heterocycles. The van der Waals surface area contributed by atoms with Gasteiger partial charge in [0.15, 0.2) is 0 Å². The Bertz CT molecular complexity index is 1300. The van der Waals surface area contributed by atoms with E-state index in [1.165, 1.54) is 22.6 Å². The fraction of sp³-hybridized carbons (Fsp3) is 0.174. The van der Waals surface area contributed by atoms with Crippen LogP contribution in [0.25, 0.3) is 0 Å². The zero-order chi connectivity index (χ0) is 22.5. The van der Waals surface area contributed by atoms with Crippen LogP contribution in [-0.4, -0.2) is 41.9 Å². The van der Waals surface area contributed by atoms with Gasteiger partial charge in [-0.2, -0.15) is 0 Å². The summed E-state index contributed by atoms with van der Waals surface area (Å²) in [5, 5.41) is 0.126. The van der Waals surface area contributed by atoms with Gasteiger partial charge in [0.25, 0.3) is 21.8 Å². The van der Waals surface area contributed by atoms with Crippen LogP contribution in [0.2, 0.25) is 0 Å². The highest BCUT2D eigenvalue weighted by molar-refractivity contribution is 8.00. The van der Waals surface area contributed by atoms with Crippen LogP contribution in [0.3, 0.4) is 0 Å². The minimum Gasteiger partial charge on any atom is -0.268 e. The van der Waals surface area contributed by atoms with Gasteiger partial charge in [-0.15, -0.1) is 11.8 Å². The molecule has 9 heteroatoms. The van der Waals surface area contributed by atoms with Crippen molar-refractivity contribution < 1.29 is 18.0 Å². The number of para-hydroxylation sites is 1. The summed E-state index contributed by atoms with van der Waals surface area (Å²) >= 11 is 1.66. The second kappa shape index (κ2) is 7.75. The van der Waals surface area contributed by atoms with E-state index in [4.69, 9.17) is 0 Å². The molecule has 0 saturated carbocycles. The lowest BCUT2D eigenvalue weighted by Gasteiger charge is -2.33. The highest BCUT2D eigenvalue weighted by atomic mass is 32.2. The summed E-state index contributed by atoms with van der Waals surface area (Å²) in [6.45, 7) is 2.44. The fourth-order valence-corrected chi connectivity index (χ4v) is 6.75. The third-order valence-electron chi connectivity index (χ3n) is 5.47. The van der Waals surface area contributed by atoms with Crippen molar-refractivity contribution in [3.05, 3.63) is 83.7 Å². The summed E-state index contributed by atoms with van der Waals surface area (Å²) in [6.07, 6.45) is 1.48. The Balaban J connectivity index is 1.40. The number of hydrogen-bond acceptors (Lipinski definition) is 6. The van der Waals surface area contributed by atoms with Gasteiger partial charge in [0.05, 0.1) is 22.7 Å². The molecule has 0 spiro atoms. The Labute approximate surface area is 190 Å². The zero-order valence-corrected chi connectivity index (χ0v) is 18.8. The minimum atomic E-state index is -3.76. The van der Waals surface area contributed by atoms with E-state index in [0.717, 1.165) is 9.80 Å². The molecule has 1 atom stereocenters. The number of imide groups is 1. The van der Waals surface area contributed by atoms with Crippen molar-refractivity contribution >= 4 is 39.3 Å². The highest BCUT2D eigenvalue weighted by Gasteiger charge is 2.37. The van der Waals surface area contributed by atoms with E-state index in [1.54, 1.807) is 36.0 Å². The summed E-state index contributed by atoms with van der Waals surface area (Å²) in [4.78, 5) is 31.3. The maximum absolute atomic E-state index is 13.4. The number of nitrogens with zero attached hydrogens (tertiary/aromatic N) is 3. The first-order chi connectivity index (χ1) is 15.4. The summed E-state index contributed by atoms with van der Waals surface area (Å²) in [5.74, 6) is -0.843. The van der Waals surface area contributed by atoms with E-state index in [0.29, 0.717) is 17.8 Å². The van der Waals surface area contributed by atoms with Gasteiger partial charge >= 0.3 is 0 Å². The van der Waals surface area contributed by atoms with E-state index in [-0.39, 0.29) is 27.9 Å². The predicted octanol–water partition coefficient (Wildman–Crippen LogP) is 3.57. The second-order valence-corrected chi connectivity index (χ2v) is 11.0. The van der Waals surface area contributed by atoms with Crippen LogP contribution < -0.4 is 4.31 Å². The molecule has 0 radical (unpaired) electrons. The molecule has 2 aromatic carbocycles. The molecule has 32 heavy (non-hydrogen) atoms. The number of carbonyl (C=O) groups is 2. The van der Waals surface area contributed by atoms with Crippen molar-refractivity contribution in [1.82, 2.24) is 9.88 Å². The van der Waals surface area contributed by atoms with Gasteiger partial charge < -0.3 is 0 Å². The lowest BCUT2D eigenvalue weighted by atomic mass is 10.2. The second-order valence-electron chi connectivity index (χ2n) is 7.67. The third-order valence-corrected chi connectivity index (χ3v) is 8.41. The summed E-state index contributed by atoms with van der Waals surface area (Å²) in [6, 6.07) is 17.0. The first-order valence-corrected chi connectivity index (χ1v) is 12.4. The number of thioether (sulfide) groups is 1. The normalized spacial score (nSPS) is 18.0. The minimum absolute atomic E-state index is 0.0502. The van der Waals surface area contributed by atoms with Crippen LogP contribution in [0.5, 0.6) is 0 Å². The van der Waals surface area contributed by atoms with Gasteiger partial charge in [-0.3, -0.25) is 23.8 Å². The number of carbonyl (C=O) groups excluding carboxylic acids is 2. The number of pyridine rings is 1. The molecule has 0 bridgehead atoms. The van der Waals surface area contributed by atoms with E-state index in [1.807, 2.05) is 31.2 Å². The van der Waals surface area contributed by atoms with Crippen molar-refractivity contribution in [2.45, 2.75) is 28.5 Å². The molecule has 162 valence electrons. The van der Waals surface area contributed by atoms with Crippen LogP contribution in [0, 0.1) is 0 Å². The number of fused-ring (bicyclic) bond motifs is 2.